The summed E-state index contributed by atoms with van der Waals surface area (Å²) in [5, 5.41) is 10.5. The molecule has 0 unspecified atom stereocenters. The molecule has 1 aliphatic heterocycles. The molecular formula is C22H22ClN5OS. The molecule has 8 heteroatoms. The van der Waals surface area contributed by atoms with E-state index in [0.717, 1.165) is 52.9 Å². The van der Waals surface area contributed by atoms with Crippen molar-refractivity contribution in [1.82, 2.24) is 24.3 Å². The van der Waals surface area contributed by atoms with Crippen molar-refractivity contribution < 1.29 is 4.74 Å². The fraction of sp³-hybridized carbons (Fsp3) is 0.318. The zero-order valence-electron chi connectivity index (χ0n) is 16.4. The summed E-state index contributed by atoms with van der Waals surface area (Å²) in [4.78, 5) is 4.50. The van der Waals surface area contributed by atoms with Crippen molar-refractivity contribution in [2.75, 3.05) is 12.4 Å². The predicted molar refractivity (Wildman–Crippen MR) is 120 cm³/mol. The molecule has 0 saturated carbocycles. The summed E-state index contributed by atoms with van der Waals surface area (Å²) < 4.78 is 10.0. The van der Waals surface area contributed by atoms with E-state index in [-0.39, 0.29) is 6.10 Å². The molecule has 0 aliphatic carbocycles. The number of hydrogen-bond acceptors (Lipinski definition) is 5. The van der Waals surface area contributed by atoms with Gasteiger partial charge in [0.2, 0.25) is 0 Å². The largest absolute Gasteiger partial charge is 0.377 e. The number of rotatable bonds is 6. The Hall–Kier alpha value is -2.35. The van der Waals surface area contributed by atoms with E-state index in [4.69, 9.17) is 16.3 Å². The SMILES string of the molecule is Clc1ccccc1-n1c(Cn2cnc3ccccc32)nnc1SC[C@H]1CCCCO1. The summed E-state index contributed by atoms with van der Waals surface area (Å²) >= 11 is 8.23. The van der Waals surface area contributed by atoms with Crippen LogP contribution in [0.2, 0.25) is 5.02 Å². The topological polar surface area (TPSA) is 57.8 Å². The van der Waals surface area contributed by atoms with Crippen LogP contribution in [0.1, 0.15) is 25.1 Å². The van der Waals surface area contributed by atoms with Crippen molar-refractivity contribution >= 4 is 34.4 Å². The van der Waals surface area contributed by atoms with Crippen molar-refractivity contribution in [1.29, 1.82) is 0 Å². The molecule has 6 nitrogen and oxygen atoms in total. The fourth-order valence-electron chi connectivity index (χ4n) is 3.77. The Morgan fingerprint density at radius 3 is 2.80 bits per heavy atom. The number of ether oxygens (including phenoxy) is 1. The molecule has 1 atom stereocenters. The van der Waals surface area contributed by atoms with Gasteiger partial charge < -0.3 is 9.30 Å². The van der Waals surface area contributed by atoms with Crippen LogP contribution < -0.4 is 0 Å². The van der Waals surface area contributed by atoms with E-state index in [1.165, 1.54) is 6.42 Å². The van der Waals surface area contributed by atoms with Gasteiger partial charge in [0.15, 0.2) is 11.0 Å². The first kappa shape index (κ1) is 19.6. The molecule has 154 valence electrons. The Morgan fingerprint density at radius 1 is 1.07 bits per heavy atom. The predicted octanol–water partition coefficient (Wildman–Crippen LogP) is 4.98. The van der Waals surface area contributed by atoms with E-state index in [2.05, 4.69) is 30.4 Å². The highest BCUT2D eigenvalue weighted by Crippen LogP contribution is 2.29. The summed E-state index contributed by atoms with van der Waals surface area (Å²) in [6.45, 7) is 1.40. The first-order valence-electron chi connectivity index (χ1n) is 10.1. The number of para-hydroxylation sites is 3. The summed E-state index contributed by atoms with van der Waals surface area (Å²) in [5.74, 6) is 1.68. The Labute approximate surface area is 184 Å². The highest BCUT2D eigenvalue weighted by atomic mass is 35.5. The van der Waals surface area contributed by atoms with Crippen molar-refractivity contribution in [2.45, 2.75) is 37.1 Å². The highest BCUT2D eigenvalue weighted by molar-refractivity contribution is 7.99. The number of fused-ring (bicyclic) bond motifs is 1. The lowest BCUT2D eigenvalue weighted by Crippen LogP contribution is -2.21. The van der Waals surface area contributed by atoms with E-state index in [9.17, 15) is 0 Å². The van der Waals surface area contributed by atoms with Crippen molar-refractivity contribution in [3.05, 3.63) is 65.7 Å². The van der Waals surface area contributed by atoms with E-state index >= 15 is 0 Å². The fourth-order valence-corrected chi connectivity index (χ4v) is 5.02. The van der Waals surface area contributed by atoms with E-state index in [0.29, 0.717) is 11.6 Å². The molecule has 2 aromatic heterocycles. The van der Waals surface area contributed by atoms with Gasteiger partial charge in [0, 0.05) is 12.4 Å². The van der Waals surface area contributed by atoms with Crippen LogP contribution in [0.4, 0.5) is 0 Å². The van der Waals surface area contributed by atoms with Gasteiger partial charge in [-0.25, -0.2) is 4.98 Å². The molecule has 5 rings (SSSR count). The Morgan fingerprint density at radius 2 is 1.93 bits per heavy atom. The van der Waals surface area contributed by atoms with Crippen molar-refractivity contribution in [2.24, 2.45) is 0 Å². The number of imidazole rings is 1. The molecule has 0 bridgehead atoms. The number of halogens is 1. The van der Waals surface area contributed by atoms with Gasteiger partial charge in [-0.2, -0.15) is 0 Å². The smallest absolute Gasteiger partial charge is 0.196 e. The molecule has 1 fully saturated rings. The molecule has 0 radical (unpaired) electrons. The summed E-state index contributed by atoms with van der Waals surface area (Å²) in [7, 11) is 0. The first-order valence-corrected chi connectivity index (χ1v) is 11.5. The molecule has 1 aliphatic rings. The first-order chi connectivity index (χ1) is 14.8. The Bertz CT molecular complexity index is 1150. The number of hydrogen-bond donors (Lipinski definition) is 0. The lowest BCUT2D eigenvalue weighted by molar-refractivity contribution is 0.0315. The van der Waals surface area contributed by atoms with Crippen LogP contribution >= 0.6 is 23.4 Å². The summed E-state index contributed by atoms with van der Waals surface area (Å²) in [5.41, 5.74) is 2.91. The van der Waals surface area contributed by atoms with Gasteiger partial charge in [0.25, 0.3) is 0 Å². The number of nitrogens with zero attached hydrogens (tertiary/aromatic N) is 5. The maximum Gasteiger partial charge on any atom is 0.196 e. The molecule has 2 aromatic carbocycles. The quantitative estimate of drug-likeness (QED) is 0.396. The van der Waals surface area contributed by atoms with Crippen LogP contribution in [-0.2, 0) is 11.3 Å². The molecule has 0 amide bonds. The summed E-state index contributed by atoms with van der Waals surface area (Å²) in [6, 6.07) is 15.9. The van der Waals surface area contributed by atoms with Gasteiger partial charge in [-0.05, 0) is 43.5 Å². The van der Waals surface area contributed by atoms with E-state index < -0.39 is 0 Å². The minimum absolute atomic E-state index is 0.265. The maximum atomic E-state index is 6.56. The molecule has 0 N–H and O–H groups in total. The van der Waals surface area contributed by atoms with E-state index in [1.54, 1.807) is 11.8 Å². The molecule has 0 spiro atoms. The average Bonchev–Trinajstić information content (AvgIpc) is 3.38. The monoisotopic (exact) mass is 439 g/mol. The second-order valence-electron chi connectivity index (χ2n) is 7.35. The number of thioether (sulfide) groups is 1. The van der Waals surface area contributed by atoms with Crippen LogP contribution in [0.25, 0.3) is 16.7 Å². The van der Waals surface area contributed by atoms with Gasteiger partial charge in [0.05, 0.1) is 40.7 Å². The van der Waals surface area contributed by atoms with Gasteiger partial charge in [0.1, 0.15) is 0 Å². The van der Waals surface area contributed by atoms with Crippen LogP contribution in [0.15, 0.2) is 60.0 Å². The molecule has 30 heavy (non-hydrogen) atoms. The maximum absolute atomic E-state index is 6.56. The standard InChI is InChI=1S/C22H22ClN5OS/c23-17-8-1-3-10-19(17)28-21(13-27-15-24-18-9-2-4-11-20(18)27)25-26-22(28)30-14-16-7-5-6-12-29-16/h1-4,8-11,15-16H,5-7,12-14H2/t16-/m1/s1. The minimum atomic E-state index is 0.265. The van der Waals surface area contributed by atoms with Gasteiger partial charge in [-0.1, -0.05) is 47.6 Å². The molecular weight excluding hydrogens is 418 g/mol. The van der Waals surface area contributed by atoms with Crippen molar-refractivity contribution in [3.8, 4) is 5.69 Å². The lowest BCUT2D eigenvalue weighted by Gasteiger charge is -2.22. The minimum Gasteiger partial charge on any atom is -0.377 e. The second-order valence-corrected chi connectivity index (χ2v) is 8.74. The molecule has 1 saturated heterocycles. The van der Waals surface area contributed by atoms with E-state index in [1.807, 2.05) is 48.8 Å². The third-order valence-electron chi connectivity index (χ3n) is 5.31. The molecule has 4 aromatic rings. The Kier molecular flexibility index (Phi) is 5.75. The number of benzene rings is 2. The zero-order chi connectivity index (χ0) is 20.3. The number of aromatic nitrogens is 5. The third-order valence-corrected chi connectivity index (χ3v) is 6.69. The zero-order valence-corrected chi connectivity index (χ0v) is 18.0. The second kappa shape index (κ2) is 8.79. The average molecular weight is 440 g/mol. The van der Waals surface area contributed by atoms with Crippen LogP contribution in [0, 0.1) is 0 Å². The van der Waals surface area contributed by atoms with Crippen LogP contribution in [-0.4, -0.2) is 42.8 Å². The third kappa shape index (κ3) is 3.97. The van der Waals surface area contributed by atoms with Gasteiger partial charge in [-0.15, -0.1) is 10.2 Å². The molecule has 3 heterocycles. The van der Waals surface area contributed by atoms with Crippen molar-refractivity contribution in [3.63, 3.8) is 0 Å². The lowest BCUT2D eigenvalue weighted by atomic mass is 10.1. The summed E-state index contributed by atoms with van der Waals surface area (Å²) in [6.07, 6.45) is 5.59. The Balaban J connectivity index is 1.49. The van der Waals surface area contributed by atoms with Crippen LogP contribution in [0.5, 0.6) is 0 Å². The van der Waals surface area contributed by atoms with Gasteiger partial charge in [-0.3, -0.25) is 4.57 Å². The van der Waals surface area contributed by atoms with Gasteiger partial charge >= 0.3 is 0 Å². The normalized spacial score (nSPS) is 16.9. The highest BCUT2D eigenvalue weighted by Gasteiger charge is 2.20. The van der Waals surface area contributed by atoms with Crippen LogP contribution in [0.3, 0.4) is 0 Å².